The van der Waals surface area contributed by atoms with E-state index in [9.17, 15) is 18.5 Å². The van der Waals surface area contributed by atoms with Gasteiger partial charge >= 0.3 is 0 Å². The number of fused-ring (bicyclic) bond motifs is 1. The number of sulfonamides is 1. The second kappa shape index (κ2) is 9.82. The van der Waals surface area contributed by atoms with E-state index in [2.05, 4.69) is 9.62 Å². The first-order valence-electron chi connectivity index (χ1n) is 10.4. The molecule has 0 unspecified atom stereocenters. The van der Waals surface area contributed by atoms with Crippen LogP contribution in [0.1, 0.15) is 18.0 Å². The van der Waals surface area contributed by atoms with Gasteiger partial charge in [0.05, 0.1) is 43.5 Å². The van der Waals surface area contributed by atoms with Gasteiger partial charge in [-0.2, -0.15) is 0 Å². The number of rotatable bonds is 7. The summed E-state index contributed by atoms with van der Waals surface area (Å²) in [4.78, 5) is 12.6. The van der Waals surface area contributed by atoms with Crippen LogP contribution in [0.4, 0.5) is 5.69 Å². The molecule has 1 N–H and O–H groups in total. The van der Waals surface area contributed by atoms with Gasteiger partial charge in [-0.1, -0.05) is 30.3 Å². The van der Waals surface area contributed by atoms with Crippen molar-refractivity contribution in [2.24, 2.45) is 0 Å². The summed E-state index contributed by atoms with van der Waals surface area (Å²) in [7, 11) is -4.26. The smallest absolute Gasteiger partial charge is 0.293 e. The van der Waals surface area contributed by atoms with Crippen LogP contribution in [-0.2, 0) is 14.8 Å². The van der Waals surface area contributed by atoms with E-state index >= 15 is 0 Å². The van der Waals surface area contributed by atoms with Crippen molar-refractivity contribution in [3.05, 3.63) is 58.1 Å². The van der Waals surface area contributed by atoms with Gasteiger partial charge in [0.1, 0.15) is 0 Å². The number of nitrogens with zero attached hydrogens (tertiary/aromatic N) is 2. The fourth-order valence-corrected chi connectivity index (χ4v) is 5.11. The van der Waals surface area contributed by atoms with Crippen molar-refractivity contribution in [2.75, 3.05) is 46.1 Å². The van der Waals surface area contributed by atoms with Gasteiger partial charge < -0.3 is 14.2 Å². The minimum absolute atomic E-state index is 0.168. The molecule has 0 aromatic heterocycles. The zero-order valence-corrected chi connectivity index (χ0v) is 18.3. The van der Waals surface area contributed by atoms with E-state index in [1.807, 2.05) is 30.3 Å². The number of benzene rings is 2. The lowest BCUT2D eigenvalue weighted by atomic mass is 10.1. The summed E-state index contributed by atoms with van der Waals surface area (Å²) in [5.41, 5.74) is 0.208. The van der Waals surface area contributed by atoms with Gasteiger partial charge in [-0.3, -0.25) is 15.0 Å². The Balaban J connectivity index is 1.68. The minimum Gasteiger partial charge on any atom is -0.490 e. The summed E-state index contributed by atoms with van der Waals surface area (Å²) in [5, 5.41) is 11.7. The van der Waals surface area contributed by atoms with Gasteiger partial charge in [0, 0.05) is 32.1 Å². The second-order valence-electron chi connectivity index (χ2n) is 7.57. The molecule has 4 rings (SSSR count). The molecule has 2 aromatic rings. The molecule has 1 atom stereocenters. The van der Waals surface area contributed by atoms with E-state index in [1.54, 1.807) is 0 Å². The molecule has 1 saturated heterocycles. The molecule has 2 heterocycles. The van der Waals surface area contributed by atoms with E-state index in [0.717, 1.165) is 11.6 Å². The highest BCUT2D eigenvalue weighted by molar-refractivity contribution is 7.89. The third-order valence-corrected chi connectivity index (χ3v) is 6.86. The summed E-state index contributed by atoms with van der Waals surface area (Å²) in [6.07, 6.45) is 0.596. The van der Waals surface area contributed by atoms with Crippen LogP contribution in [0.15, 0.2) is 47.4 Å². The van der Waals surface area contributed by atoms with Crippen LogP contribution in [0.25, 0.3) is 0 Å². The maximum Gasteiger partial charge on any atom is 0.293 e. The number of hydrogen-bond acceptors (Lipinski definition) is 8. The lowest BCUT2D eigenvalue weighted by molar-refractivity contribution is -0.387. The Morgan fingerprint density at radius 3 is 2.34 bits per heavy atom. The number of nitrogens with one attached hydrogen (secondary N) is 1. The van der Waals surface area contributed by atoms with E-state index in [1.165, 1.54) is 6.07 Å². The Hall–Kier alpha value is -2.73. The van der Waals surface area contributed by atoms with E-state index in [-0.39, 0.29) is 11.5 Å². The van der Waals surface area contributed by atoms with E-state index in [0.29, 0.717) is 52.5 Å². The second-order valence-corrected chi connectivity index (χ2v) is 9.25. The monoisotopic (exact) mass is 463 g/mol. The van der Waals surface area contributed by atoms with Crippen molar-refractivity contribution in [1.82, 2.24) is 9.62 Å². The molecule has 172 valence electrons. The average molecular weight is 464 g/mol. The molecule has 10 nitrogen and oxygen atoms in total. The van der Waals surface area contributed by atoms with Crippen molar-refractivity contribution in [2.45, 2.75) is 17.4 Å². The van der Waals surface area contributed by atoms with Gasteiger partial charge in [0.15, 0.2) is 16.4 Å². The van der Waals surface area contributed by atoms with Crippen molar-refractivity contribution in [1.29, 1.82) is 0 Å². The third kappa shape index (κ3) is 5.18. The first-order valence-corrected chi connectivity index (χ1v) is 11.9. The molecule has 2 aliphatic rings. The lowest BCUT2D eigenvalue weighted by Gasteiger charge is -2.31. The van der Waals surface area contributed by atoms with Gasteiger partial charge in [-0.05, 0) is 5.56 Å². The van der Waals surface area contributed by atoms with E-state index < -0.39 is 31.6 Å². The highest BCUT2D eigenvalue weighted by atomic mass is 32.2. The summed E-state index contributed by atoms with van der Waals surface area (Å²) >= 11 is 0. The Morgan fingerprint density at radius 1 is 1.03 bits per heavy atom. The molecule has 0 bridgehead atoms. The number of ether oxygens (including phenoxy) is 3. The van der Waals surface area contributed by atoms with Crippen LogP contribution in [-0.4, -0.2) is 64.3 Å². The molecule has 0 spiro atoms. The highest BCUT2D eigenvalue weighted by Crippen LogP contribution is 2.38. The Kier molecular flexibility index (Phi) is 6.89. The SMILES string of the molecule is O=[N+]([O-])c1cc2c(cc1S(=O)(=O)N[C@H](CN1CCOCC1)c1ccccc1)OCCCO2. The third-order valence-electron chi connectivity index (χ3n) is 5.36. The topological polar surface area (TPSA) is 120 Å². The van der Waals surface area contributed by atoms with E-state index in [4.69, 9.17) is 14.2 Å². The van der Waals surface area contributed by atoms with Gasteiger partial charge in [-0.15, -0.1) is 0 Å². The molecule has 2 aliphatic heterocycles. The van der Waals surface area contributed by atoms with Crippen LogP contribution >= 0.6 is 0 Å². The number of nitro benzene ring substituents is 1. The zero-order chi connectivity index (χ0) is 22.6. The Labute approximate surface area is 186 Å². The zero-order valence-electron chi connectivity index (χ0n) is 17.4. The first kappa shape index (κ1) is 22.5. The summed E-state index contributed by atoms with van der Waals surface area (Å²) < 4.78 is 45.9. The minimum atomic E-state index is -4.26. The predicted molar refractivity (Wildman–Crippen MR) is 115 cm³/mol. The molecular weight excluding hydrogens is 438 g/mol. The normalized spacial score (nSPS) is 18.0. The Bertz CT molecular complexity index is 1060. The maximum absolute atomic E-state index is 13.4. The first-order chi connectivity index (χ1) is 15.4. The van der Waals surface area contributed by atoms with Crippen LogP contribution in [0, 0.1) is 10.1 Å². The molecular formula is C21H25N3O7S. The van der Waals surface area contributed by atoms with Gasteiger partial charge in [0.2, 0.25) is 10.0 Å². The molecule has 0 radical (unpaired) electrons. The molecule has 0 saturated carbocycles. The summed E-state index contributed by atoms with van der Waals surface area (Å²) in [5.74, 6) is 0.346. The van der Waals surface area contributed by atoms with Gasteiger partial charge in [-0.25, -0.2) is 13.1 Å². The quantitative estimate of drug-likeness (QED) is 0.490. The molecule has 1 fully saturated rings. The molecule has 32 heavy (non-hydrogen) atoms. The van der Waals surface area contributed by atoms with Crippen molar-refractivity contribution >= 4 is 15.7 Å². The molecule has 2 aromatic carbocycles. The van der Waals surface area contributed by atoms with Gasteiger partial charge in [0.25, 0.3) is 5.69 Å². The molecule has 0 amide bonds. The largest absolute Gasteiger partial charge is 0.490 e. The number of nitro groups is 1. The predicted octanol–water partition coefficient (Wildman–Crippen LogP) is 2.11. The highest BCUT2D eigenvalue weighted by Gasteiger charge is 2.32. The van der Waals surface area contributed by atoms with Crippen LogP contribution in [0.2, 0.25) is 0 Å². The fourth-order valence-electron chi connectivity index (χ4n) is 3.73. The number of hydrogen-bond donors (Lipinski definition) is 1. The summed E-state index contributed by atoms with van der Waals surface area (Å²) in [6, 6.07) is 10.9. The van der Waals surface area contributed by atoms with Crippen LogP contribution in [0.3, 0.4) is 0 Å². The molecule has 0 aliphatic carbocycles. The molecule has 11 heteroatoms. The number of morpholine rings is 1. The lowest BCUT2D eigenvalue weighted by Crippen LogP contribution is -2.43. The average Bonchev–Trinajstić information content (AvgIpc) is 3.04. The van der Waals surface area contributed by atoms with Crippen LogP contribution < -0.4 is 14.2 Å². The van der Waals surface area contributed by atoms with Crippen molar-refractivity contribution < 1.29 is 27.6 Å². The van der Waals surface area contributed by atoms with Crippen LogP contribution in [0.5, 0.6) is 11.5 Å². The summed E-state index contributed by atoms with van der Waals surface area (Å²) in [6.45, 7) is 3.57. The van der Waals surface area contributed by atoms with Crippen molar-refractivity contribution in [3.8, 4) is 11.5 Å². The standard InChI is InChI=1S/C21H25N3O7S/c25-24(26)18-13-19-20(31-10-4-9-30-19)14-21(18)32(27,28)22-17(16-5-2-1-3-6-16)15-23-7-11-29-12-8-23/h1-3,5-6,13-14,17,22H,4,7-12,15H2/t17-/m1/s1. The maximum atomic E-state index is 13.4. The fraction of sp³-hybridized carbons (Fsp3) is 0.429. The Morgan fingerprint density at radius 2 is 1.69 bits per heavy atom. The van der Waals surface area contributed by atoms with Crippen molar-refractivity contribution in [3.63, 3.8) is 0 Å².